The highest BCUT2D eigenvalue weighted by atomic mass is 19.1. The first-order chi connectivity index (χ1) is 21.8. The van der Waals surface area contributed by atoms with Crippen molar-refractivity contribution in [3.05, 3.63) is 112 Å². The molecular weight excluding hydrogens is 583 g/mol. The molecule has 6 rings (SSSR count). The summed E-state index contributed by atoms with van der Waals surface area (Å²) in [5, 5.41) is 0. The average Bonchev–Trinajstić information content (AvgIpc) is 3.36. The summed E-state index contributed by atoms with van der Waals surface area (Å²) < 4.78 is 63.2. The highest BCUT2D eigenvalue weighted by Gasteiger charge is 2.24. The lowest BCUT2D eigenvalue weighted by molar-refractivity contribution is -0.0589. The van der Waals surface area contributed by atoms with E-state index in [4.69, 9.17) is 14.2 Å². The molecule has 1 aliphatic rings. The zero-order valence-corrected chi connectivity index (χ0v) is 25.6. The summed E-state index contributed by atoms with van der Waals surface area (Å²) in [6, 6.07) is 16.8. The van der Waals surface area contributed by atoms with E-state index in [-0.39, 0.29) is 41.8 Å². The van der Waals surface area contributed by atoms with E-state index in [2.05, 4.69) is 9.97 Å². The molecule has 3 aromatic carbocycles. The second kappa shape index (κ2) is 13.9. The Morgan fingerprint density at radius 1 is 0.956 bits per heavy atom. The van der Waals surface area contributed by atoms with Crippen LogP contribution in [0.4, 0.5) is 13.2 Å². The number of aromatic nitrogens is 3. The number of esters is 1. The summed E-state index contributed by atoms with van der Waals surface area (Å²) in [6.07, 6.45) is 0.838. The molecule has 1 aliphatic heterocycles. The van der Waals surface area contributed by atoms with Crippen molar-refractivity contribution in [1.82, 2.24) is 14.5 Å². The molecular formula is C35H34F3N3O4. The van der Waals surface area contributed by atoms with Crippen LogP contribution in [-0.4, -0.2) is 40.3 Å². The molecule has 1 atom stereocenters. The minimum absolute atomic E-state index is 0.0106. The molecule has 0 spiro atoms. The lowest BCUT2D eigenvalue weighted by atomic mass is 10.0. The maximum absolute atomic E-state index is 15.5. The normalized spacial score (nSPS) is 14.0. The Kier molecular flexibility index (Phi) is 9.83. The quantitative estimate of drug-likeness (QED) is 0.159. The number of methoxy groups -OCH3 is 1. The molecule has 0 aliphatic carbocycles. The third-order valence-corrected chi connectivity index (χ3v) is 7.50. The van der Waals surface area contributed by atoms with Crippen LogP contribution in [0.2, 0.25) is 0 Å². The molecule has 2 aromatic heterocycles. The molecule has 0 saturated carbocycles. The Bertz CT molecular complexity index is 1840. The van der Waals surface area contributed by atoms with Crippen LogP contribution in [0.5, 0.6) is 5.88 Å². The van der Waals surface area contributed by atoms with Crippen LogP contribution in [0.3, 0.4) is 0 Å². The first-order valence-corrected chi connectivity index (χ1v) is 14.8. The standard InChI is InChI=1S/C33H28F3N3O4.C2H6/c1-19-6-7-21(25(34)12-19)18-43-32-5-3-4-28(38-32)24-16-26(35)22(13-27(24)36)15-31-37-29-9-8-20(33(40)41-2)14-30(29)39(31)17-23-10-11-42-23;1-2/h3-9,12-14,16,23H,10-11,15,17-18H2,1-2H3;1-2H3. The van der Waals surface area contributed by atoms with Gasteiger partial charge in [-0.15, -0.1) is 0 Å². The number of hydrogen-bond acceptors (Lipinski definition) is 6. The van der Waals surface area contributed by atoms with Gasteiger partial charge in [0.15, 0.2) is 0 Å². The van der Waals surface area contributed by atoms with Crippen LogP contribution in [0.25, 0.3) is 22.3 Å². The van der Waals surface area contributed by atoms with E-state index in [0.29, 0.717) is 41.1 Å². The molecule has 7 nitrogen and oxygen atoms in total. The van der Waals surface area contributed by atoms with Crippen LogP contribution in [0.1, 0.15) is 53.1 Å². The van der Waals surface area contributed by atoms with Gasteiger partial charge in [-0.2, -0.15) is 0 Å². The highest BCUT2D eigenvalue weighted by molar-refractivity contribution is 5.93. The summed E-state index contributed by atoms with van der Waals surface area (Å²) in [6.45, 7) is 6.85. The van der Waals surface area contributed by atoms with E-state index in [1.165, 1.54) is 13.2 Å². The van der Waals surface area contributed by atoms with Gasteiger partial charge in [0.1, 0.15) is 29.9 Å². The van der Waals surface area contributed by atoms with E-state index in [9.17, 15) is 9.18 Å². The van der Waals surface area contributed by atoms with Gasteiger partial charge in [-0.1, -0.05) is 32.0 Å². The minimum atomic E-state index is -0.663. The SMILES string of the molecule is CC.COC(=O)c1ccc2nc(Cc3cc(F)c(-c4cccc(OCc5ccc(C)cc5F)n4)cc3F)n(CC3CCO3)c2c1. The molecule has 45 heavy (non-hydrogen) atoms. The molecule has 0 amide bonds. The third-order valence-electron chi connectivity index (χ3n) is 7.50. The third kappa shape index (κ3) is 7.01. The van der Waals surface area contributed by atoms with E-state index in [1.807, 2.05) is 18.4 Å². The van der Waals surface area contributed by atoms with E-state index in [1.54, 1.807) is 55.5 Å². The number of halogens is 3. The molecule has 10 heteroatoms. The lowest BCUT2D eigenvalue weighted by Gasteiger charge is -2.27. The number of aryl methyl sites for hydroxylation is 1. The van der Waals surface area contributed by atoms with Crippen molar-refractivity contribution in [3.63, 3.8) is 0 Å². The molecule has 5 aromatic rings. The van der Waals surface area contributed by atoms with Crippen LogP contribution in [0, 0.1) is 24.4 Å². The molecule has 1 fully saturated rings. The Hall–Kier alpha value is -4.70. The molecule has 1 saturated heterocycles. The minimum Gasteiger partial charge on any atom is -0.473 e. The molecule has 0 radical (unpaired) electrons. The average molecular weight is 618 g/mol. The number of nitrogens with zero attached hydrogens (tertiary/aromatic N) is 3. The summed E-state index contributed by atoms with van der Waals surface area (Å²) in [5.74, 6) is -1.50. The highest BCUT2D eigenvalue weighted by Crippen LogP contribution is 2.29. The van der Waals surface area contributed by atoms with Crippen molar-refractivity contribution in [3.8, 4) is 17.1 Å². The molecule has 0 bridgehead atoms. The second-order valence-electron chi connectivity index (χ2n) is 10.5. The van der Waals surface area contributed by atoms with Crippen LogP contribution in [0.15, 0.2) is 66.7 Å². The predicted molar refractivity (Wildman–Crippen MR) is 165 cm³/mol. The number of carbonyl (C=O) groups excluding carboxylic acids is 1. The summed E-state index contributed by atoms with van der Waals surface area (Å²) in [5.41, 5.74) is 3.06. The maximum Gasteiger partial charge on any atom is 0.337 e. The Morgan fingerprint density at radius 2 is 1.73 bits per heavy atom. The van der Waals surface area contributed by atoms with Gasteiger partial charge in [0.05, 0.1) is 42.0 Å². The van der Waals surface area contributed by atoms with Gasteiger partial charge in [0, 0.05) is 30.2 Å². The van der Waals surface area contributed by atoms with Gasteiger partial charge in [-0.05, 0) is 66.9 Å². The largest absolute Gasteiger partial charge is 0.473 e. The number of pyridine rings is 1. The number of benzene rings is 3. The monoisotopic (exact) mass is 617 g/mol. The predicted octanol–water partition coefficient (Wildman–Crippen LogP) is 7.60. The Labute approximate surface area is 259 Å². The van der Waals surface area contributed by atoms with Crippen LogP contribution >= 0.6 is 0 Å². The molecule has 1 unspecified atom stereocenters. The number of imidazole rings is 1. The van der Waals surface area contributed by atoms with Crippen LogP contribution in [-0.2, 0) is 29.0 Å². The Morgan fingerprint density at radius 3 is 2.44 bits per heavy atom. The van der Waals surface area contributed by atoms with Crippen molar-refractivity contribution in [2.24, 2.45) is 0 Å². The van der Waals surface area contributed by atoms with Crippen molar-refractivity contribution >= 4 is 17.0 Å². The number of rotatable bonds is 9. The fourth-order valence-electron chi connectivity index (χ4n) is 5.04. The molecule has 3 heterocycles. The van der Waals surface area contributed by atoms with Gasteiger partial charge in [0.2, 0.25) is 5.88 Å². The van der Waals surface area contributed by atoms with Crippen molar-refractivity contribution in [2.45, 2.75) is 52.9 Å². The smallest absolute Gasteiger partial charge is 0.337 e. The zero-order chi connectivity index (χ0) is 32.1. The Balaban J connectivity index is 0.00000196. The number of hydrogen-bond donors (Lipinski definition) is 0. The number of fused-ring (bicyclic) bond motifs is 1. The van der Waals surface area contributed by atoms with E-state index >= 15 is 8.78 Å². The first-order valence-electron chi connectivity index (χ1n) is 14.8. The first kappa shape index (κ1) is 31.7. The second-order valence-corrected chi connectivity index (χ2v) is 10.5. The van der Waals surface area contributed by atoms with Gasteiger partial charge in [-0.25, -0.2) is 27.9 Å². The van der Waals surface area contributed by atoms with Crippen molar-refractivity contribution in [1.29, 1.82) is 0 Å². The molecule has 234 valence electrons. The van der Waals surface area contributed by atoms with Gasteiger partial charge in [0.25, 0.3) is 0 Å². The van der Waals surface area contributed by atoms with E-state index < -0.39 is 23.4 Å². The van der Waals surface area contributed by atoms with E-state index in [0.717, 1.165) is 24.1 Å². The van der Waals surface area contributed by atoms with Gasteiger partial charge >= 0.3 is 5.97 Å². The summed E-state index contributed by atoms with van der Waals surface area (Å²) in [4.78, 5) is 21.1. The fourth-order valence-corrected chi connectivity index (χ4v) is 5.04. The fraction of sp³-hybridized carbons (Fsp3) is 0.286. The zero-order valence-electron chi connectivity index (χ0n) is 25.6. The lowest BCUT2D eigenvalue weighted by Crippen LogP contribution is -2.31. The van der Waals surface area contributed by atoms with Gasteiger partial charge in [-0.3, -0.25) is 0 Å². The topological polar surface area (TPSA) is 75.5 Å². The number of ether oxygens (including phenoxy) is 3. The molecule has 0 N–H and O–H groups in total. The summed E-state index contributed by atoms with van der Waals surface area (Å²) >= 11 is 0. The van der Waals surface area contributed by atoms with Gasteiger partial charge < -0.3 is 18.8 Å². The summed E-state index contributed by atoms with van der Waals surface area (Å²) in [7, 11) is 1.31. The maximum atomic E-state index is 15.5. The van der Waals surface area contributed by atoms with Crippen LogP contribution < -0.4 is 4.74 Å². The van der Waals surface area contributed by atoms with Crippen molar-refractivity contribution in [2.75, 3.05) is 13.7 Å². The number of carbonyl (C=O) groups is 1. The van der Waals surface area contributed by atoms with Crippen molar-refractivity contribution < 1.29 is 32.2 Å².